The van der Waals surface area contributed by atoms with E-state index in [4.69, 9.17) is 0 Å². The largest absolute Gasteiger partial charge is 0.317 e. The number of nitrogens with one attached hydrogen (secondary N) is 1. The Labute approximate surface area is 138 Å². The van der Waals surface area contributed by atoms with E-state index in [1.165, 1.54) is 48.5 Å². The van der Waals surface area contributed by atoms with Crippen molar-refractivity contribution in [2.75, 3.05) is 13.1 Å². The molecule has 2 aromatic carbocycles. The summed E-state index contributed by atoms with van der Waals surface area (Å²) >= 11 is 0. The van der Waals surface area contributed by atoms with Crippen LogP contribution in [0.15, 0.2) is 48.5 Å². The van der Waals surface area contributed by atoms with Gasteiger partial charge in [0.05, 0.1) is 5.41 Å². The Morgan fingerprint density at radius 1 is 0.750 bits per heavy atom. The molecule has 0 aliphatic carbocycles. The van der Waals surface area contributed by atoms with Crippen LogP contribution in [0.1, 0.15) is 33.6 Å². The lowest BCUT2D eigenvalue weighted by Crippen LogP contribution is -2.47. The maximum Gasteiger partial charge on any atom is 0.176 e. The zero-order valence-electron chi connectivity index (χ0n) is 13.0. The molecule has 1 aliphatic heterocycles. The van der Waals surface area contributed by atoms with Crippen LogP contribution in [-0.4, -0.2) is 24.7 Å². The van der Waals surface area contributed by atoms with Crippen LogP contribution in [0.5, 0.6) is 0 Å². The van der Waals surface area contributed by atoms with Crippen molar-refractivity contribution < 1.29 is 18.4 Å². The first-order valence-electron chi connectivity index (χ1n) is 7.84. The van der Waals surface area contributed by atoms with Crippen molar-refractivity contribution in [2.24, 2.45) is 5.41 Å². The maximum absolute atomic E-state index is 13.1. The highest BCUT2D eigenvalue weighted by atomic mass is 19.1. The van der Waals surface area contributed by atoms with Gasteiger partial charge in [-0.15, -0.1) is 0 Å². The van der Waals surface area contributed by atoms with Crippen molar-refractivity contribution >= 4 is 11.6 Å². The number of hydrogen-bond acceptors (Lipinski definition) is 3. The average molecular weight is 329 g/mol. The highest BCUT2D eigenvalue weighted by molar-refractivity contribution is 6.19. The van der Waals surface area contributed by atoms with Crippen LogP contribution in [0.25, 0.3) is 0 Å². The van der Waals surface area contributed by atoms with Crippen LogP contribution in [0, 0.1) is 17.0 Å². The number of carbonyl (C=O) groups is 2. The van der Waals surface area contributed by atoms with Gasteiger partial charge in [-0.25, -0.2) is 8.78 Å². The zero-order valence-corrected chi connectivity index (χ0v) is 13.0. The number of carbonyl (C=O) groups excluding carboxylic acids is 2. The quantitative estimate of drug-likeness (QED) is 0.691. The smallest absolute Gasteiger partial charge is 0.176 e. The number of piperidine rings is 1. The molecule has 1 fully saturated rings. The Bertz CT molecular complexity index is 688. The lowest BCUT2D eigenvalue weighted by molar-refractivity contribution is 0.0603. The van der Waals surface area contributed by atoms with Crippen molar-refractivity contribution in [3.05, 3.63) is 71.3 Å². The third-order valence-electron chi connectivity index (χ3n) is 4.54. The molecule has 5 heteroatoms. The lowest BCUT2D eigenvalue weighted by Gasteiger charge is -2.35. The molecule has 1 aliphatic rings. The Hall–Kier alpha value is -2.40. The first-order chi connectivity index (χ1) is 11.5. The fourth-order valence-corrected chi connectivity index (χ4v) is 3.17. The van der Waals surface area contributed by atoms with E-state index in [0.717, 1.165) is 0 Å². The number of benzene rings is 2. The molecule has 2 aromatic rings. The molecule has 0 spiro atoms. The van der Waals surface area contributed by atoms with Crippen LogP contribution < -0.4 is 5.32 Å². The van der Waals surface area contributed by atoms with Crippen LogP contribution in [0.4, 0.5) is 8.78 Å². The van der Waals surface area contributed by atoms with E-state index < -0.39 is 17.0 Å². The molecule has 3 nitrogen and oxygen atoms in total. The highest BCUT2D eigenvalue weighted by Gasteiger charge is 2.46. The van der Waals surface area contributed by atoms with E-state index in [1.807, 2.05) is 0 Å². The first kappa shape index (κ1) is 16.5. The summed E-state index contributed by atoms with van der Waals surface area (Å²) in [6, 6.07) is 10.5. The molecule has 124 valence electrons. The second-order valence-electron chi connectivity index (χ2n) is 6.00. The van der Waals surface area contributed by atoms with Crippen molar-refractivity contribution in [2.45, 2.75) is 12.8 Å². The van der Waals surface area contributed by atoms with Gasteiger partial charge in [0.15, 0.2) is 11.6 Å². The maximum atomic E-state index is 13.1. The van der Waals surface area contributed by atoms with E-state index in [1.54, 1.807) is 0 Å². The fourth-order valence-electron chi connectivity index (χ4n) is 3.17. The predicted molar refractivity (Wildman–Crippen MR) is 86.0 cm³/mol. The second kappa shape index (κ2) is 6.61. The molecule has 3 rings (SSSR count). The van der Waals surface area contributed by atoms with Crippen LogP contribution >= 0.6 is 0 Å². The minimum atomic E-state index is -1.19. The van der Waals surface area contributed by atoms with Gasteiger partial charge in [-0.3, -0.25) is 9.59 Å². The molecule has 24 heavy (non-hydrogen) atoms. The molecular formula is C19H17F2NO2. The van der Waals surface area contributed by atoms with Gasteiger partial charge in [0.2, 0.25) is 0 Å². The van der Waals surface area contributed by atoms with E-state index in [0.29, 0.717) is 37.1 Å². The molecule has 0 aromatic heterocycles. The van der Waals surface area contributed by atoms with E-state index >= 15 is 0 Å². The summed E-state index contributed by atoms with van der Waals surface area (Å²) in [6.45, 7) is 1.08. The summed E-state index contributed by atoms with van der Waals surface area (Å²) in [4.78, 5) is 26.1. The molecule has 0 bridgehead atoms. The number of rotatable bonds is 4. The first-order valence-corrected chi connectivity index (χ1v) is 7.84. The summed E-state index contributed by atoms with van der Waals surface area (Å²) in [5, 5.41) is 3.15. The monoisotopic (exact) mass is 329 g/mol. The Morgan fingerprint density at radius 2 is 1.12 bits per heavy atom. The summed E-state index contributed by atoms with van der Waals surface area (Å²) < 4.78 is 26.3. The van der Waals surface area contributed by atoms with Crippen LogP contribution in [0.3, 0.4) is 0 Å². The average Bonchev–Trinajstić information content (AvgIpc) is 2.62. The molecule has 1 heterocycles. The molecule has 0 atom stereocenters. The summed E-state index contributed by atoms with van der Waals surface area (Å²) in [6.07, 6.45) is 0.721. The van der Waals surface area contributed by atoms with Crippen LogP contribution in [-0.2, 0) is 0 Å². The molecule has 1 N–H and O–H groups in total. The third-order valence-corrected chi connectivity index (χ3v) is 4.54. The van der Waals surface area contributed by atoms with Crippen molar-refractivity contribution in [3.8, 4) is 0 Å². The van der Waals surface area contributed by atoms with Crippen LogP contribution in [0.2, 0.25) is 0 Å². The third kappa shape index (κ3) is 2.99. The number of ketones is 2. The van der Waals surface area contributed by atoms with Gasteiger partial charge in [-0.05, 0) is 74.5 Å². The topological polar surface area (TPSA) is 46.2 Å². The molecule has 0 saturated carbocycles. The summed E-state index contributed by atoms with van der Waals surface area (Å²) in [5.74, 6) is -1.48. The predicted octanol–water partition coefficient (Wildman–Crippen LogP) is 3.40. The van der Waals surface area contributed by atoms with Crippen molar-refractivity contribution in [1.29, 1.82) is 0 Å². The Balaban J connectivity index is 2.00. The van der Waals surface area contributed by atoms with Gasteiger partial charge in [0.1, 0.15) is 11.6 Å². The fraction of sp³-hybridized carbons (Fsp3) is 0.263. The van der Waals surface area contributed by atoms with Gasteiger partial charge < -0.3 is 5.32 Å². The van der Waals surface area contributed by atoms with E-state index in [2.05, 4.69) is 5.32 Å². The molecule has 0 amide bonds. The lowest BCUT2D eigenvalue weighted by atomic mass is 9.68. The van der Waals surface area contributed by atoms with Gasteiger partial charge in [-0.1, -0.05) is 0 Å². The summed E-state index contributed by atoms with van der Waals surface area (Å²) in [5.41, 5.74) is -0.566. The normalized spacial score (nSPS) is 16.6. The van der Waals surface area contributed by atoms with Crippen molar-refractivity contribution in [1.82, 2.24) is 5.32 Å². The molecular weight excluding hydrogens is 312 g/mol. The standard InChI is InChI=1S/C19H17F2NO2/c20-15-5-1-13(2-6-15)17(23)19(9-11-22-12-10-19)18(24)14-3-7-16(21)8-4-14/h1-8,22H,9-12H2. The molecule has 1 saturated heterocycles. The number of Topliss-reactive ketones (excluding diaryl/α,β-unsaturated/α-hetero) is 2. The van der Waals surface area contributed by atoms with E-state index in [-0.39, 0.29) is 11.6 Å². The summed E-state index contributed by atoms with van der Waals surface area (Å²) in [7, 11) is 0. The molecule has 0 unspecified atom stereocenters. The highest BCUT2D eigenvalue weighted by Crippen LogP contribution is 2.36. The Morgan fingerprint density at radius 3 is 1.50 bits per heavy atom. The minimum Gasteiger partial charge on any atom is -0.317 e. The van der Waals surface area contributed by atoms with Gasteiger partial charge >= 0.3 is 0 Å². The van der Waals surface area contributed by atoms with Crippen molar-refractivity contribution in [3.63, 3.8) is 0 Å². The van der Waals surface area contributed by atoms with Gasteiger partial charge in [0, 0.05) is 11.1 Å². The second-order valence-corrected chi connectivity index (χ2v) is 6.00. The van der Waals surface area contributed by atoms with Gasteiger partial charge in [0.25, 0.3) is 0 Å². The number of hydrogen-bond donors (Lipinski definition) is 1. The SMILES string of the molecule is O=C(c1ccc(F)cc1)C1(C(=O)c2ccc(F)cc2)CCNCC1. The minimum absolute atomic E-state index is 0.307. The zero-order chi connectivity index (χ0) is 17.2. The number of halogens is 2. The Kier molecular flexibility index (Phi) is 4.53. The van der Waals surface area contributed by atoms with E-state index in [9.17, 15) is 18.4 Å². The molecule has 0 radical (unpaired) electrons. The van der Waals surface area contributed by atoms with Gasteiger partial charge in [-0.2, -0.15) is 0 Å².